The van der Waals surface area contributed by atoms with E-state index in [4.69, 9.17) is 5.26 Å². The van der Waals surface area contributed by atoms with Crippen molar-refractivity contribution in [2.45, 2.75) is 44.1 Å². The lowest BCUT2D eigenvalue weighted by Crippen LogP contribution is -2.43. The van der Waals surface area contributed by atoms with Crippen LogP contribution in [0, 0.1) is 11.3 Å². The standard InChI is InChI=1S/C15H18N2O/c16-12-15(9-3-10-15)17-14-7-5-13(6-8-14)4-1-2-11-18/h5-8,11,17H,1-4,9-10H2. The number of rotatable bonds is 6. The number of benzene rings is 1. The van der Waals surface area contributed by atoms with Gasteiger partial charge in [0.15, 0.2) is 0 Å². The summed E-state index contributed by atoms with van der Waals surface area (Å²) in [6.45, 7) is 0. The van der Waals surface area contributed by atoms with Crippen LogP contribution in [0.5, 0.6) is 0 Å². The maximum Gasteiger partial charge on any atom is 0.125 e. The van der Waals surface area contributed by atoms with Crippen LogP contribution in [0.2, 0.25) is 0 Å². The molecule has 0 bridgehead atoms. The number of unbranched alkanes of at least 4 members (excludes halogenated alkanes) is 1. The Balaban J connectivity index is 1.91. The van der Waals surface area contributed by atoms with Gasteiger partial charge in [-0.2, -0.15) is 5.26 Å². The predicted molar refractivity (Wildman–Crippen MR) is 71.3 cm³/mol. The van der Waals surface area contributed by atoms with Gasteiger partial charge < -0.3 is 10.1 Å². The number of nitriles is 1. The van der Waals surface area contributed by atoms with E-state index in [0.717, 1.165) is 44.1 Å². The van der Waals surface area contributed by atoms with Crippen LogP contribution in [-0.2, 0) is 11.2 Å². The van der Waals surface area contributed by atoms with Gasteiger partial charge in [-0.1, -0.05) is 12.1 Å². The lowest BCUT2D eigenvalue weighted by molar-refractivity contribution is -0.107. The first-order chi connectivity index (χ1) is 8.78. The normalized spacial score (nSPS) is 16.4. The Morgan fingerprint density at radius 1 is 1.33 bits per heavy atom. The molecule has 94 valence electrons. The van der Waals surface area contributed by atoms with Gasteiger partial charge in [-0.25, -0.2) is 0 Å². The molecule has 0 amide bonds. The molecule has 0 saturated heterocycles. The summed E-state index contributed by atoms with van der Waals surface area (Å²) in [6, 6.07) is 10.5. The summed E-state index contributed by atoms with van der Waals surface area (Å²) in [5.74, 6) is 0. The van der Waals surface area contributed by atoms with E-state index in [0.29, 0.717) is 6.42 Å². The van der Waals surface area contributed by atoms with Crippen LogP contribution in [0.15, 0.2) is 24.3 Å². The molecule has 0 aliphatic heterocycles. The van der Waals surface area contributed by atoms with Crippen LogP contribution in [0.3, 0.4) is 0 Å². The van der Waals surface area contributed by atoms with Crippen LogP contribution < -0.4 is 5.32 Å². The summed E-state index contributed by atoms with van der Waals surface area (Å²) in [7, 11) is 0. The minimum Gasteiger partial charge on any atom is -0.367 e. The van der Waals surface area contributed by atoms with E-state index in [-0.39, 0.29) is 5.54 Å². The maximum absolute atomic E-state index is 10.2. The Morgan fingerprint density at radius 3 is 2.56 bits per heavy atom. The highest BCUT2D eigenvalue weighted by molar-refractivity contribution is 5.50. The molecule has 0 radical (unpaired) electrons. The van der Waals surface area contributed by atoms with Crippen molar-refractivity contribution in [2.24, 2.45) is 0 Å². The summed E-state index contributed by atoms with van der Waals surface area (Å²) in [5.41, 5.74) is 1.91. The Bertz CT molecular complexity index is 441. The zero-order valence-electron chi connectivity index (χ0n) is 10.5. The second kappa shape index (κ2) is 5.68. The summed E-state index contributed by atoms with van der Waals surface area (Å²) in [4.78, 5) is 10.2. The molecule has 0 aromatic heterocycles. The zero-order valence-corrected chi connectivity index (χ0v) is 10.5. The number of aldehydes is 1. The number of nitrogens with zero attached hydrogens (tertiary/aromatic N) is 1. The summed E-state index contributed by atoms with van der Waals surface area (Å²) < 4.78 is 0. The van der Waals surface area contributed by atoms with Gasteiger partial charge in [-0.15, -0.1) is 0 Å². The largest absolute Gasteiger partial charge is 0.367 e. The van der Waals surface area contributed by atoms with Crippen LogP contribution >= 0.6 is 0 Å². The monoisotopic (exact) mass is 242 g/mol. The van der Waals surface area contributed by atoms with Gasteiger partial charge in [-0.3, -0.25) is 0 Å². The first-order valence-electron chi connectivity index (χ1n) is 6.50. The van der Waals surface area contributed by atoms with Crippen molar-refractivity contribution >= 4 is 12.0 Å². The minimum atomic E-state index is -0.334. The number of anilines is 1. The van der Waals surface area contributed by atoms with E-state index >= 15 is 0 Å². The molecule has 0 heterocycles. The van der Waals surface area contributed by atoms with E-state index in [1.54, 1.807) is 0 Å². The van der Waals surface area contributed by atoms with Crippen LogP contribution in [-0.4, -0.2) is 11.8 Å². The Kier molecular flexibility index (Phi) is 3.99. The molecule has 1 aromatic carbocycles. The highest BCUT2D eigenvalue weighted by Crippen LogP contribution is 2.34. The zero-order chi connectivity index (χ0) is 12.8. The van der Waals surface area contributed by atoms with Crippen molar-refractivity contribution < 1.29 is 4.79 Å². The number of carbonyl (C=O) groups is 1. The van der Waals surface area contributed by atoms with Gasteiger partial charge in [0.2, 0.25) is 0 Å². The van der Waals surface area contributed by atoms with Gasteiger partial charge in [-0.05, 0) is 49.8 Å². The first kappa shape index (κ1) is 12.6. The molecule has 1 fully saturated rings. The number of hydrogen-bond acceptors (Lipinski definition) is 3. The number of hydrogen-bond donors (Lipinski definition) is 1. The molecule has 0 unspecified atom stereocenters. The Labute approximate surface area is 108 Å². The molecular weight excluding hydrogens is 224 g/mol. The van der Waals surface area contributed by atoms with Crippen LogP contribution in [0.1, 0.15) is 37.7 Å². The molecule has 1 aromatic rings. The molecule has 1 aliphatic carbocycles. The van der Waals surface area contributed by atoms with E-state index in [1.165, 1.54) is 5.56 Å². The quantitative estimate of drug-likeness (QED) is 0.616. The van der Waals surface area contributed by atoms with Gasteiger partial charge in [0.25, 0.3) is 0 Å². The molecule has 0 atom stereocenters. The molecule has 0 spiro atoms. The molecular formula is C15H18N2O. The first-order valence-corrected chi connectivity index (χ1v) is 6.50. The average molecular weight is 242 g/mol. The molecule has 1 saturated carbocycles. The third-order valence-corrected chi connectivity index (χ3v) is 3.55. The van der Waals surface area contributed by atoms with Gasteiger partial charge in [0.05, 0.1) is 6.07 Å². The predicted octanol–water partition coefficient (Wildman–Crippen LogP) is 3.07. The molecule has 1 aliphatic rings. The summed E-state index contributed by atoms with van der Waals surface area (Å²) >= 11 is 0. The fourth-order valence-corrected chi connectivity index (χ4v) is 2.22. The second-order valence-corrected chi connectivity index (χ2v) is 4.93. The smallest absolute Gasteiger partial charge is 0.125 e. The second-order valence-electron chi connectivity index (χ2n) is 4.93. The van der Waals surface area contributed by atoms with Gasteiger partial charge in [0.1, 0.15) is 11.8 Å². The number of aryl methyl sites for hydroxylation is 1. The lowest BCUT2D eigenvalue weighted by atomic mass is 9.78. The SMILES string of the molecule is N#CC1(Nc2ccc(CCCC=O)cc2)CCC1. The fourth-order valence-electron chi connectivity index (χ4n) is 2.22. The van der Waals surface area contributed by atoms with Crippen LogP contribution in [0.4, 0.5) is 5.69 Å². The van der Waals surface area contributed by atoms with Crippen LogP contribution in [0.25, 0.3) is 0 Å². The topological polar surface area (TPSA) is 52.9 Å². The molecule has 3 nitrogen and oxygen atoms in total. The Hall–Kier alpha value is -1.82. The number of nitrogens with one attached hydrogen (secondary N) is 1. The fraction of sp³-hybridized carbons (Fsp3) is 0.467. The third-order valence-electron chi connectivity index (χ3n) is 3.55. The molecule has 3 heteroatoms. The van der Waals surface area contributed by atoms with E-state index in [9.17, 15) is 4.79 Å². The summed E-state index contributed by atoms with van der Waals surface area (Å²) in [5, 5.41) is 12.5. The minimum absolute atomic E-state index is 0.334. The number of carbonyl (C=O) groups excluding carboxylic acids is 1. The average Bonchev–Trinajstić information content (AvgIpc) is 2.36. The van der Waals surface area contributed by atoms with Crippen molar-refractivity contribution in [3.63, 3.8) is 0 Å². The lowest BCUT2D eigenvalue weighted by Gasteiger charge is -2.36. The van der Waals surface area contributed by atoms with Gasteiger partial charge in [0, 0.05) is 12.1 Å². The van der Waals surface area contributed by atoms with Crippen molar-refractivity contribution in [1.29, 1.82) is 5.26 Å². The highest BCUT2D eigenvalue weighted by atomic mass is 16.1. The van der Waals surface area contributed by atoms with Crippen molar-refractivity contribution in [2.75, 3.05) is 5.32 Å². The highest BCUT2D eigenvalue weighted by Gasteiger charge is 2.36. The maximum atomic E-state index is 10.2. The van der Waals surface area contributed by atoms with Crippen molar-refractivity contribution in [1.82, 2.24) is 0 Å². The Morgan fingerprint density at radius 2 is 2.06 bits per heavy atom. The summed E-state index contributed by atoms with van der Waals surface area (Å²) in [6.07, 6.45) is 6.42. The molecule has 2 rings (SSSR count). The molecule has 1 N–H and O–H groups in total. The third kappa shape index (κ3) is 2.89. The molecule has 18 heavy (non-hydrogen) atoms. The van der Waals surface area contributed by atoms with Crippen molar-refractivity contribution in [3.05, 3.63) is 29.8 Å². The van der Waals surface area contributed by atoms with E-state index in [1.807, 2.05) is 12.1 Å². The van der Waals surface area contributed by atoms with Gasteiger partial charge >= 0.3 is 0 Å². The van der Waals surface area contributed by atoms with E-state index < -0.39 is 0 Å². The van der Waals surface area contributed by atoms with Crippen molar-refractivity contribution in [3.8, 4) is 6.07 Å². The van der Waals surface area contributed by atoms with E-state index in [2.05, 4.69) is 23.5 Å².